The first-order valence-electron chi connectivity index (χ1n) is 10.5. The number of hydrogen-bond donors (Lipinski definition) is 0. The number of thiophene rings is 1. The van der Waals surface area contributed by atoms with Crippen molar-refractivity contribution in [3.05, 3.63) is 46.1 Å². The average molecular weight is 457 g/mol. The number of carbonyl (C=O) groups excluding carboxylic acids is 1. The van der Waals surface area contributed by atoms with E-state index in [1.54, 1.807) is 23.5 Å². The highest BCUT2D eigenvalue weighted by Crippen LogP contribution is 2.40. The van der Waals surface area contributed by atoms with Crippen molar-refractivity contribution in [2.45, 2.75) is 38.0 Å². The van der Waals surface area contributed by atoms with Crippen LogP contribution in [0.5, 0.6) is 0 Å². The predicted octanol–water partition coefficient (Wildman–Crippen LogP) is 3.20. The molecule has 0 spiro atoms. The van der Waals surface area contributed by atoms with Crippen molar-refractivity contribution in [3.63, 3.8) is 0 Å². The molecular weight excluding hydrogens is 432 g/mol. The molecule has 0 amide bonds. The molecule has 5 rings (SSSR count). The van der Waals surface area contributed by atoms with Crippen LogP contribution in [0, 0.1) is 6.92 Å². The van der Waals surface area contributed by atoms with E-state index in [0.29, 0.717) is 31.7 Å². The Morgan fingerprint density at radius 3 is 2.42 bits per heavy atom. The van der Waals surface area contributed by atoms with E-state index < -0.39 is 10.0 Å². The molecule has 162 valence electrons. The Morgan fingerprint density at radius 1 is 1.03 bits per heavy atom. The van der Waals surface area contributed by atoms with Crippen LogP contribution in [0.2, 0.25) is 0 Å². The van der Waals surface area contributed by atoms with Crippen LogP contribution in [0.3, 0.4) is 0 Å². The lowest BCUT2D eigenvalue weighted by Crippen LogP contribution is -2.49. The fraction of sp³-hybridized carbons (Fsp3) is 0.409. The normalized spacial score (nSPS) is 17.3. The number of aromatic nitrogens is 2. The summed E-state index contributed by atoms with van der Waals surface area (Å²) in [5.41, 5.74) is 1.89. The Hall–Kier alpha value is -2.36. The molecule has 1 fully saturated rings. The quantitative estimate of drug-likeness (QED) is 0.561. The van der Waals surface area contributed by atoms with Gasteiger partial charge in [-0.1, -0.05) is 12.1 Å². The SMILES string of the molecule is CC(=O)c1ccc(S(=O)(=O)N2CCN(c3nc(C)nc4sc5c(c34)CCC5)CC2)cc1. The summed E-state index contributed by atoms with van der Waals surface area (Å²) in [5.74, 6) is 1.62. The van der Waals surface area contributed by atoms with Crippen molar-refractivity contribution in [3.8, 4) is 0 Å². The van der Waals surface area contributed by atoms with Crippen molar-refractivity contribution in [1.29, 1.82) is 0 Å². The molecule has 0 N–H and O–H groups in total. The second kappa shape index (κ2) is 7.65. The number of nitrogens with zero attached hydrogens (tertiary/aromatic N) is 4. The molecule has 1 saturated heterocycles. The third kappa shape index (κ3) is 3.54. The molecule has 0 radical (unpaired) electrons. The van der Waals surface area contributed by atoms with Crippen molar-refractivity contribution in [1.82, 2.24) is 14.3 Å². The molecule has 2 aliphatic rings. The Kier molecular flexibility index (Phi) is 5.07. The number of piperazine rings is 1. The van der Waals surface area contributed by atoms with E-state index in [0.717, 1.165) is 29.3 Å². The number of hydrogen-bond acceptors (Lipinski definition) is 7. The lowest BCUT2D eigenvalue weighted by Gasteiger charge is -2.35. The Bertz CT molecular complexity index is 1270. The van der Waals surface area contributed by atoms with Crippen LogP contribution in [0.15, 0.2) is 29.2 Å². The predicted molar refractivity (Wildman–Crippen MR) is 122 cm³/mol. The molecule has 7 nitrogen and oxygen atoms in total. The highest BCUT2D eigenvalue weighted by Gasteiger charge is 2.31. The van der Waals surface area contributed by atoms with Crippen molar-refractivity contribution >= 4 is 43.2 Å². The summed E-state index contributed by atoms with van der Waals surface area (Å²) in [5, 5.41) is 1.17. The molecule has 0 unspecified atom stereocenters. The second-order valence-corrected chi connectivity index (χ2v) is 11.1. The lowest BCUT2D eigenvalue weighted by molar-refractivity contribution is 0.101. The minimum atomic E-state index is -3.59. The third-order valence-corrected chi connectivity index (χ3v) is 9.19. The zero-order valence-corrected chi connectivity index (χ0v) is 19.2. The van der Waals surface area contributed by atoms with Gasteiger partial charge in [0.1, 0.15) is 16.5 Å². The maximum absolute atomic E-state index is 13.1. The molecule has 0 bridgehead atoms. The topological polar surface area (TPSA) is 83.5 Å². The number of rotatable bonds is 4. The minimum Gasteiger partial charge on any atom is -0.353 e. The summed E-state index contributed by atoms with van der Waals surface area (Å²) in [6.07, 6.45) is 3.36. The molecule has 2 aromatic heterocycles. The molecule has 3 heterocycles. The second-order valence-electron chi connectivity index (χ2n) is 8.10. The summed E-state index contributed by atoms with van der Waals surface area (Å²) in [7, 11) is -3.59. The number of ketones is 1. The maximum Gasteiger partial charge on any atom is 0.243 e. The summed E-state index contributed by atoms with van der Waals surface area (Å²) < 4.78 is 27.7. The van der Waals surface area contributed by atoms with Crippen LogP contribution >= 0.6 is 11.3 Å². The lowest BCUT2D eigenvalue weighted by atomic mass is 10.1. The van der Waals surface area contributed by atoms with Gasteiger partial charge in [0.15, 0.2) is 5.78 Å². The first-order valence-corrected chi connectivity index (χ1v) is 12.8. The van der Waals surface area contributed by atoms with Gasteiger partial charge < -0.3 is 4.90 Å². The number of fused-ring (bicyclic) bond motifs is 3. The van der Waals surface area contributed by atoms with Gasteiger partial charge in [0.2, 0.25) is 10.0 Å². The van der Waals surface area contributed by atoms with E-state index in [4.69, 9.17) is 4.98 Å². The number of Topliss-reactive ketones (excluding diaryl/α,β-unsaturated/α-hetero) is 1. The van der Waals surface area contributed by atoms with Crippen LogP contribution in [0.25, 0.3) is 10.2 Å². The molecule has 3 aromatic rings. The monoisotopic (exact) mass is 456 g/mol. The molecule has 1 aromatic carbocycles. The molecule has 0 atom stereocenters. The van der Waals surface area contributed by atoms with Gasteiger partial charge in [0, 0.05) is 36.6 Å². The molecule has 1 aliphatic heterocycles. The van der Waals surface area contributed by atoms with Gasteiger partial charge in [-0.25, -0.2) is 18.4 Å². The number of carbonyl (C=O) groups is 1. The molecule has 31 heavy (non-hydrogen) atoms. The summed E-state index contributed by atoms with van der Waals surface area (Å²) in [4.78, 5) is 25.8. The van der Waals surface area contributed by atoms with Gasteiger partial charge >= 0.3 is 0 Å². The Labute approximate surface area is 185 Å². The van der Waals surface area contributed by atoms with E-state index in [1.165, 1.54) is 45.6 Å². The van der Waals surface area contributed by atoms with Gasteiger partial charge in [0.25, 0.3) is 0 Å². The Balaban J connectivity index is 1.39. The third-order valence-electron chi connectivity index (χ3n) is 6.09. The van der Waals surface area contributed by atoms with Gasteiger partial charge in [0.05, 0.1) is 10.3 Å². The molecule has 1 aliphatic carbocycles. The standard InChI is InChI=1S/C22H24N4O3S2/c1-14(27)16-6-8-17(9-7-16)31(28,29)26-12-10-25(11-13-26)21-20-18-4-3-5-19(18)30-22(20)24-15(2)23-21/h6-9H,3-5,10-13H2,1-2H3. The van der Waals surface area contributed by atoms with Crippen molar-refractivity contribution < 1.29 is 13.2 Å². The van der Waals surface area contributed by atoms with E-state index >= 15 is 0 Å². The van der Waals surface area contributed by atoms with Crippen molar-refractivity contribution in [2.75, 3.05) is 31.1 Å². The smallest absolute Gasteiger partial charge is 0.243 e. The molecule has 0 saturated carbocycles. The van der Waals surface area contributed by atoms with Gasteiger partial charge in [-0.15, -0.1) is 11.3 Å². The largest absolute Gasteiger partial charge is 0.353 e. The molecule has 9 heteroatoms. The van der Waals surface area contributed by atoms with Crippen LogP contribution in [-0.2, 0) is 22.9 Å². The number of anilines is 1. The first-order chi connectivity index (χ1) is 14.8. The van der Waals surface area contributed by atoms with Crippen LogP contribution in [-0.4, -0.2) is 54.7 Å². The zero-order valence-electron chi connectivity index (χ0n) is 17.6. The Morgan fingerprint density at radius 2 is 1.74 bits per heavy atom. The fourth-order valence-corrected chi connectivity index (χ4v) is 7.18. The van der Waals surface area contributed by atoms with E-state index in [-0.39, 0.29) is 10.7 Å². The van der Waals surface area contributed by atoms with E-state index in [2.05, 4.69) is 9.88 Å². The fourth-order valence-electron chi connectivity index (χ4n) is 4.46. The van der Waals surface area contributed by atoms with E-state index in [9.17, 15) is 13.2 Å². The van der Waals surface area contributed by atoms with Crippen LogP contribution < -0.4 is 4.90 Å². The number of aryl methyl sites for hydroxylation is 3. The average Bonchev–Trinajstić information content (AvgIpc) is 3.34. The summed E-state index contributed by atoms with van der Waals surface area (Å²) >= 11 is 1.78. The zero-order chi connectivity index (χ0) is 21.8. The van der Waals surface area contributed by atoms with Crippen LogP contribution in [0.1, 0.15) is 40.0 Å². The van der Waals surface area contributed by atoms with Crippen LogP contribution in [0.4, 0.5) is 5.82 Å². The van der Waals surface area contributed by atoms with Gasteiger partial charge in [-0.3, -0.25) is 4.79 Å². The highest BCUT2D eigenvalue weighted by molar-refractivity contribution is 7.89. The number of benzene rings is 1. The summed E-state index contributed by atoms with van der Waals surface area (Å²) in [6, 6.07) is 6.18. The highest BCUT2D eigenvalue weighted by atomic mass is 32.2. The molecular formula is C22H24N4O3S2. The van der Waals surface area contributed by atoms with E-state index in [1.807, 2.05) is 6.92 Å². The number of sulfonamides is 1. The van der Waals surface area contributed by atoms with Gasteiger partial charge in [-0.2, -0.15) is 4.31 Å². The summed E-state index contributed by atoms with van der Waals surface area (Å²) in [6.45, 7) is 5.35. The minimum absolute atomic E-state index is 0.0797. The maximum atomic E-state index is 13.1. The first kappa shape index (κ1) is 20.5. The van der Waals surface area contributed by atoms with Crippen molar-refractivity contribution in [2.24, 2.45) is 0 Å². The van der Waals surface area contributed by atoms with Gasteiger partial charge in [-0.05, 0) is 50.8 Å².